The molecule has 2 rings (SSSR count). The number of aliphatic hydroxyl groups excluding tert-OH is 3. The van der Waals surface area contributed by atoms with Crippen molar-refractivity contribution in [3.63, 3.8) is 0 Å². The lowest BCUT2D eigenvalue weighted by molar-refractivity contribution is -0.137. The lowest BCUT2D eigenvalue weighted by Gasteiger charge is -2.24. The van der Waals surface area contributed by atoms with Crippen molar-refractivity contribution in [3.8, 4) is 0 Å². The Bertz CT molecular complexity index is 594. The zero-order valence-corrected chi connectivity index (χ0v) is 15.6. The lowest BCUT2D eigenvalue weighted by atomic mass is 9.84. The number of unbranched alkanes of at least 4 members (excludes halogenated alkanes) is 3. The third kappa shape index (κ3) is 6.55. The summed E-state index contributed by atoms with van der Waals surface area (Å²) in [5.74, 6) is -1.36. The number of hydrogen-bond donors (Lipinski definition) is 4. The van der Waals surface area contributed by atoms with Crippen molar-refractivity contribution in [2.45, 2.75) is 76.1 Å². The van der Waals surface area contributed by atoms with Gasteiger partial charge in [-0.1, -0.05) is 37.5 Å². The summed E-state index contributed by atoms with van der Waals surface area (Å²) in [7, 11) is 0. The lowest BCUT2D eigenvalue weighted by Crippen LogP contribution is -2.23. The zero-order valence-electron chi connectivity index (χ0n) is 15.6. The van der Waals surface area contributed by atoms with E-state index in [2.05, 4.69) is 0 Å². The molecule has 1 aliphatic rings. The molecule has 1 saturated carbocycles. The monoisotopic (exact) mass is 382 g/mol. The molecular weight excluding hydrogens is 351 g/mol. The maximum absolute atomic E-state index is 13.8. The van der Waals surface area contributed by atoms with Gasteiger partial charge in [0.15, 0.2) is 0 Å². The van der Waals surface area contributed by atoms with Crippen LogP contribution in [0, 0.1) is 17.7 Å². The number of aliphatic carboxylic acids is 1. The Morgan fingerprint density at radius 1 is 1.04 bits per heavy atom. The highest BCUT2D eigenvalue weighted by atomic mass is 19.1. The van der Waals surface area contributed by atoms with Crippen molar-refractivity contribution in [2.24, 2.45) is 11.8 Å². The fourth-order valence-electron chi connectivity index (χ4n) is 4.24. The molecule has 152 valence electrons. The quantitative estimate of drug-likeness (QED) is 0.440. The Morgan fingerprint density at radius 3 is 2.33 bits per heavy atom. The van der Waals surface area contributed by atoms with E-state index in [0.29, 0.717) is 25.7 Å². The molecule has 0 bridgehead atoms. The average molecular weight is 382 g/mol. The second kappa shape index (κ2) is 10.7. The molecule has 1 aliphatic carbocycles. The van der Waals surface area contributed by atoms with Gasteiger partial charge in [0.25, 0.3) is 0 Å². The fourth-order valence-corrected chi connectivity index (χ4v) is 4.24. The Labute approximate surface area is 159 Å². The molecule has 0 aromatic heterocycles. The first kappa shape index (κ1) is 21.8. The Hall–Kier alpha value is -1.50. The number of aliphatic hydroxyl groups is 3. The molecule has 0 amide bonds. The van der Waals surface area contributed by atoms with Gasteiger partial charge in [0.05, 0.1) is 18.3 Å². The van der Waals surface area contributed by atoms with Crippen molar-refractivity contribution in [1.82, 2.24) is 0 Å². The van der Waals surface area contributed by atoms with E-state index in [1.54, 1.807) is 18.2 Å². The van der Waals surface area contributed by atoms with Crippen molar-refractivity contribution in [1.29, 1.82) is 0 Å². The van der Waals surface area contributed by atoms with Crippen molar-refractivity contribution in [3.05, 3.63) is 35.6 Å². The third-order valence-electron chi connectivity index (χ3n) is 5.74. The number of rotatable bonds is 11. The van der Waals surface area contributed by atoms with Crippen LogP contribution in [0.2, 0.25) is 0 Å². The molecule has 5 nitrogen and oxygen atoms in total. The van der Waals surface area contributed by atoms with E-state index in [1.165, 1.54) is 6.07 Å². The van der Waals surface area contributed by atoms with Crippen LogP contribution >= 0.6 is 0 Å². The van der Waals surface area contributed by atoms with Crippen LogP contribution in [-0.2, 0) is 4.79 Å². The molecule has 27 heavy (non-hydrogen) atoms. The van der Waals surface area contributed by atoms with E-state index in [-0.39, 0.29) is 23.8 Å². The molecule has 0 saturated heterocycles. The first-order valence-electron chi connectivity index (χ1n) is 9.90. The van der Waals surface area contributed by atoms with Gasteiger partial charge in [-0.2, -0.15) is 0 Å². The van der Waals surface area contributed by atoms with E-state index in [9.17, 15) is 24.5 Å². The molecule has 0 spiro atoms. The first-order valence-corrected chi connectivity index (χ1v) is 9.90. The summed E-state index contributed by atoms with van der Waals surface area (Å²) in [5.41, 5.74) is 0.264. The normalized spacial score (nSPS) is 26.2. The van der Waals surface area contributed by atoms with Crippen LogP contribution in [-0.4, -0.2) is 38.6 Å². The molecule has 1 aromatic carbocycles. The number of hydrogen-bond acceptors (Lipinski definition) is 4. The van der Waals surface area contributed by atoms with E-state index < -0.39 is 30.1 Å². The molecule has 4 N–H and O–H groups in total. The SMILES string of the molecule is O=C(O)CCCCCC[C@@H]1[C@@H](CCC(O)c2ccccc2F)[C@H](O)C[C@@H]1O. The van der Waals surface area contributed by atoms with Crippen molar-refractivity contribution in [2.75, 3.05) is 0 Å². The first-order chi connectivity index (χ1) is 12.9. The number of benzene rings is 1. The summed E-state index contributed by atoms with van der Waals surface area (Å²) < 4.78 is 13.8. The van der Waals surface area contributed by atoms with Gasteiger partial charge in [0.2, 0.25) is 0 Å². The van der Waals surface area contributed by atoms with E-state index in [1.807, 2.05) is 0 Å². The second-order valence-corrected chi connectivity index (χ2v) is 7.66. The van der Waals surface area contributed by atoms with Crippen LogP contribution in [0.1, 0.15) is 69.5 Å². The number of carboxylic acids is 1. The van der Waals surface area contributed by atoms with Gasteiger partial charge in [-0.15, -0.1) is 0 Å². The summed E-state index contributed by atoms with van der Waals surface area (Å²) in [6.45, 7) is 0. The minimum Gasteiger partial charge on any atom is -0.481 e. The highest BCUT2D eigenvalue weighted by molar-refractivity contribution is 5.66. The number of carbonyl (C=O) groups is 1. The molecule has 5 atom stereocenters. The van der Waals surface area contributed by atoms with Crippen molar-refractivity contribution < 1.29 is 29.6 Å². The molecule has 6 heteroatoms. The fraction of sp³-hybridized carbons (Fsp3) is 0.667. The van der Waals surface area contributed by atoms with Gasteiger partial charge in [-0.25, -0.2) is 4.39 Å². The summed E-state index contributed by atoms with van der Waals surface area (Å²) in [4.78, 5) is 10.5. The van der Waals surface area contributed by atoms with Gasteiger partial charge in [-0.05, 0) is 50.0 Å². The Balaban J connectivity index is 1.80. The van der Waals surface area contributed by atoms with Gasteiger partial charge in [-0.3, -0.25) is 4.79 Å². The van der Waals surface area contributed by atoms with Crippen LogP contribution in [0.3, 0.4) is 0 Å². The highest BCUT2D eigenvalue weighted by Gasteiger charge is 2.40. The minimum absolute atomic E-state index is 0.0349. The summed E-state index contributed by atoms with van der Waals surface area (Å²) >= 11 is 0. The summed E-state index contributed by atoms with van der Waals surface area (Å²) in [6, 6.07) is 6.15. The summed E-state index contributed by atoms with van der Waals surface area (Å²) in [5, 5.41) is 39.5. The topological polar surface area (TPSA) is 98.0 Å². The van der Waals surface area contributed by atoms with E-state index in [0.717, 1.165) is 25.7 Å². The molecule has 0 heterocycles. The molecular formula is C21H31FO5. The maximum atomic E-state index is 13.8. The molecule has 1 unspecified atom stereocenters. The van der Waals surface area contributed by atoms with Gasteiger partial charge in [0.1, 0.15) is 5.82 Å². The highest BCUT2D eigenvalue weighted by Crippen LogP contribution is 2.40. The minimum atomic E-state index is -0.923. The van der Waals surface area contributed by atoms with Gasteiger partial charge < -0.3 is 20.4 Å². The van der Waals surface area contributed by atoms with E-state index >= 15 is 0 Å². The van der Waals surface area contributed by atoms with Crippen LogP contribution in [0.4, 0.5) is 4.39 Å². The van der Waals surface area contributed by atoms with Crippen molar-refractivity contribution >= 4 is 5.97 Å². The van der Waals surface area contributed by atoms with Crippen LogP contribution in [0.5, 0.6) is 0 Å². The maximum Gasteiger partial charge on any atom is 0.303 e. The number of halogens is 1. The van der Waals surface area contributed by atoms with Crippen LogP contribution in [0.25, 0.3) is 0 Å². The van der Waals surface area contributed by atoms with Crippen LogP contribution < -0.4 is 0 Å². The summed E-state index contributed by atoms with van der Waals surface area (Å²) in [6.07, 6.45) is 3.33. The molecule has 1 aromatic rings. The molecule has 1 fully saturated rings. The second-order valence-electron chi connectivity index (χ2n) is 7.66. The predicted molar refractivity (Wildman–Crippen MR) is 99.5 cm³/mol. The zero-order chi connectivity index (χ0) is 19.8. The Morgan fingerprint density at radius 2 is 1.67 bits per heavy atom. The third-order valence-corrected chi connectivity index (χ3v) is 5.74. The van der Waals surface area contributed by atoms with Crippen LogP contribution in [0.15, 0.2) is 24.3 Å². The molecule has 0 aliphatic heterocycles. The average Bonchev–Trinajstić information content (AvgIpc) is 2.89. The smallest absolute Gasteiger partial charge is 0.303 e. The molecule has 0 radical (unpaired) electrons. The van der Waals surface area contributed by atoms with Gasteiger partial charge in [0, 0.05) is 12.0 Å². The largest absolute Gasteiger partial charge is 0.481 e. The standard InChI is InChI=1S/C21H31FO5/c22-17-9-6-5-8-16(17)18(23)12-11-15-14(19(24)13-20(15)25)7-3-1-2-4-10-21(26)27/h5-6,8-9,14-15,18-20,23-25H,1-4,7,10-13H2,(H,26,27)/t14-,15-,18?,19+,20-/m1/s1. The van der Waals surface area contributed by atoms with E-state index in [4.69, 9.17) is 5.11 Å². The number of carboxylic acid groups (broad SMARTS) is 1. The Kier molecular flexibility index (Phi) is 8.67. The van der Waals surface area contributed by atoms with Gasteiger partial charge >= 0.3 is 5.97 Å². The predicted octanol–water partition coefficient (Wildman–Crippen LogP) is 3.42.